The Labute approximate surface area is 240 Å². The van der Waals surface area contributed by atoms with Crippen molar-refractivity contribution in [2.75, 3.05) is 4.90 Å². The number of imide groups is 1. The molecule has 8 nitrogen and oxygen atoms in total. The summed E-state index contributed by atoms with van der Waals surface area (Å²) in [7, 11) is -3.83. The molecule has 2 amide bonds. The Morgan fingerprint density at radius 3 is 1.82 bits per heavy atom. The lowest BCUT2D eigenvalue weighted by Crippen LogP contribution is -2.45. The number of aromatic nitrogens is 2. The summed E-state index contributed by atoms with van der Waals surface area (Å²) in [5.74, 6) is 3.33. The average Bonchev–Trinajstić information content (AvgIpc) is 2.74. The zero-order valence-electron chi connectivity index (χ0n) is 25.9. The number of ether oxygens (including phenoxy) is 2. The summed E-state index contributed by atoms with van der Waals surface area (Å²) in [5, 5.41) is 0.796. The van der Waals surface area contributed by atoms with Gasteiger partial charge in [-0.05, 0) is 52.8 Å². The SMILES string of the molecule is CC(C)(C)OC(=O)N(C(=O)OC(C)(C)C)c1nc(-c2ccccc2)[nH]c(=O)c1/C=C(\C#C[Si](C)(C)C)[Si](C)(C)C. The molecule has 0 atom stereocenters. The van der Waals surface area contributed by atoms with E-state index >= 15 is 0 Å². The van der Waals surface area contributed by atoms with Gasteiger partial charge in [-0.1, -0.05) is 75.5 Å². The van der Waals surface area contributed by atoms with Crippen LogP contribution in [0.2, 0.25) is 39.3 Å². The monoisotopic (exact) mass is 581 g/mol. The van der Waals surface area contributed by atoms with E-state index in [4.69, 9.17) is 9.47 Å². The average molecular weight is 582 g/mol. The molecule has 216 valence electrons. The van der Waals surface area contributed by atoms with Crippen molar-refractivity contribution in [3.63, 3.8) is 0 Å². The van der Waals surface area contributed by atoms with Gasteiger partial charge in [0, 0.05) is 5.56 Å². The first-order valence-electron chi connectivity index (χ1n) is 13.3. The first kappa shape index (κ1) is 32.8. The highest BCUT2D eigenvalue weighted by atomic mass is 28.3. The van der Waals surface area contributed by atoms with Gasteiger partial charge in [-0.3, -0.25) is 4.79 Å². The third-order valence-electron chi connectivity index (χ3n) is 5.02. The molecule has 40 heavy (non-hydrogen) atoms. The number of H-pyrrole nitrogens is 1. The normalized spacial score (nSPS) is 12.8. The fourth-order valence-electron chi connectivity index (χ4n) is 3.21. The van der Waals surface area contributed by atoms with Crippen LogP contribution in [0.4, 0.5) is 15.4 Å². The molecule has 0 radical (unpaired) electrons. The molecule has 1 aromatic heterocycles. The van der Waals surface area contributed by atoms with Gasteiger partial charge < -0.3 is 14.5 Å². The Morgan fingerprint density at radius 1 is 0.900 bits per heavy atom. The molecule has 2 aromatic rings. The smallest absolute Gasteiger partial charge is 0.425 e. The maximum Gasteiger partial charge on any atom is 0.425 e. The molecule has 2 rings (SSSR count). The summed E-state index contributed by atoms with van der Waals surface area (Å²) in [6.07, 6.45) is -0.343. The van der Waals surface area contributed by atoms with Crippen LogP contribution in [0.25, 0.3) is 17.5 Å². The largest absolute Gasteiger partial charge is 0.443 e. The van der Waals surface area contributed by atoms with Crippen molar-refractivity contribution in [2.24, 2.45) is 0 Å². The van der Waals surface area contributed by atoms with E-state index in [2.05, 4.69) is 60.7 Å². The van der Waals surface area contributed by atoms with Gasteiger partial charge in [0.25, 0.3) is 5.56 Å². The molecule has 0 aliphatic carbocycles. The van der Waals surface area contributed by atoms with Crippen molar-refractivity contribution < 1.29 is 19.1 Å². The zero-order chi connectivity index (χ0) is 30.7. The van der Waals surface area contributed by atoms with Crippen LogP contribution < -0.4 is 10.5 Å². The molecule has 0 spiro atoms. The van der Waals surface area contributed by atoms with Crippen LogP contribution in [-0.2, 0) is 9.47 Å². The van der Waals surface area contributed by atoms with Gasteiger partial charge in [-0.15, -0.1) is 5.54 Å². The van der Waals surface area contributed by atoms with E-state index in [1.54, 1.807) is 71.9 Å². The summed E-state index contributed by atoms with van der Waals surface area (Å²) in [5.41, 5.74) is 1.64. The molecule has 1 heterocycles. The summed E-state index contributed by atoms with van der Waals surface area (Å²) in [4.78, 5) is 49.0. The molecule has 10 heteroatoms. The minimum absolute atomic E-state index is 0.0266. The molecule has 0 bridgehead atoms. The number of carbonyl (C=O) groups is 2. The standard InChI is InChI=1S/C30H43N3O5Si2/c1-29(2,3)37-27(35)33(28(36)38-30(4,5)6)25-23(20-22(40(10,11)12)18-19-39(7,8)9)26(34)32-24(31-25)21-16-14-13-15-17-21/h13-17,20H,1-12H3,(H,31,32,34)/b22-20+. The van der Waals surface area contributed by atoms with E-state index in [-0.39, 0.29) is 17.2 Å². The molecule has 0 fully saturated rings. The van der Waals surface area contributed by atoms with E-state index in [1.165, 1.54) is 0 Å². The maximum atomic E-state index is 13.7. The molecule has 0 saturated heterocycles. The number of benzene rings is 1. The van der Waals surface area contributed by atoms with E-state index in [0.717, 1.165) is 5.20 Å². The lowest BCUT2D eigenvalue weighted by Gasteiger charge is -2.29. The Kier molecular flexibility index (Phi) is 9.82. The fraction of sp³-hybridized carbons (Fsp3) is 0.467. The number of anilines is 1. The van der Waals surface area contributed by atoms with Gasteiger partial charge in [0.05, 0.1) is 13.6 Å². The number of carbonyl (C=O) groups excluding carboxylic acids is 2. The van der Waals surface area contributed by atoms with Gasteiger partial charge >= 0.3 is 12.2 Å². The summed E-state index contributed by atoms with van der Waals surface area (Å²) in [6.45, 7) is 22.9. The van der Waals surface area contributed by atoms with Crippen molar-refractivity contribution in [1.29, 1.82) is 0 Å². The second kappa shape index (κ2) is 12.0. The predicted molar refractivity (Wildman–Crippen MR) is 168 cm³/mol. The predicted octanol–water partition coefficient (Wildman–Crippen LogP) is 7.26. The van der Waals surface area contributed by atoms with Crippen molar-refractivity contribution >= 4 is 40.2 Å². The molecule has 1 aromatic carbocycles. The van der Waals surface area contributed by atoms with Crippen LogP contribution >= 0.6 is 0 Å². The third kappa shape index (κ3) is 9.95. The first-order chi connectivity index (χ1) is 18.1. The summed E-state index contributed by atoms with van der Waals surface area (Å²) < 4.78 is 11.2. The topological polar surface area (TPSA) is 102 Å². The molecule has 0 saturated carbocycles. The summed E-state index contributed by atoms with van der Waals surface area (Å²) >= 11 is 0. The highest BCUT2D eigenvalue weighted by Crippen LogP contribution is 2.27. The first-order valence-corrected chi connectivity index (χ1v) is 20.3. The number of hydrogen-bond acceptors (Lipinski definition) is 6. The van der Waals surface area contributed by atoms with Crippen LogP contribution in [0, 0.1) is 11.5 Å². The lowest BCUT2D eigenvalue weighted by atomic mass is 10.2. The minimum Gasteiger partial charge on any atom is -0.443 e. The van der Waals surface area contributed by atoms with Gasteiger partial charge in [0.2, 0.25) is 0 Å². The van der Waals surface area contributed by atoms with Gasteiger partial charge in [0.1, 0.15) is 25.1 Å². The van der Waals surface area contributed by atoms with Gasteiger partial charge in [0.15, 0.2) is 5.82 Å². The Hall–Kier alpha value is -3.43. The number of allylic oxidation sites excluding steroid dienone is 1. The lowest BCUT2D eigenvalue weighted by molar-refractivity contribution is 0.0429. The van der Waals surface area contributed by atoms with E-state index in [1.807, 2.05) is 6.07 Å². The molecular formula is C30H43N3O5Si2. The molecule has 0 unspecified atom stereocenters. The van der Waals surface area contributed by atoms with Crippen molar-refractivity contribution in [2.45, 2.75) is 92.0 Å². The second-order valence-corrected chi connectivity index (χ2v) is 23.4. The van der Waals surface area contributed by atoms with Crippen molar-refractivity contribution in [1.82, 2.24) is 9.97 Å². The number of nitrogens with zero attached hydrogens (tertiary/aromatic N) is 2. The Balaban J connectivity index is 3.01. The molecule has 1 N–H and O–H groups in total. The van der Waals surface area contributed by atoms with Crippen molar-refractivity contribution in [3.05, 3.63) is 51.4 Å². The van der Waals surface area contributed by atoms with E-state index in [0.29, 0.717) is 10.5 Å². The molecule has 0 aliphatic rings. The number of amides is 2. The van der Waals surface area contributed by atoms with Crippen molar-refractivity contribution in [3.8, 4) is 22.9 Å². The Bertz CT molecular complexity index is 1360. The second-order valence-electron chi connectivity index (χ2n) is 13.6. The Morgan fingerprint density at radius 2 is 1.40 bits per heavy atom. The number of nitrogens with one attached hydrogen (secondary N) is 1. The molecule has 0 aliphatic heterocycles. The number of hydrogen-bond donors (Lipinski definition) is 1. The van der Waals surface area contributed by atoms with E-state index < -0.39 is 45.1 Å². The van der Waals surface area contributed by atoms with Crippen LogP contribution in [0.15, 0.2) is 40.3 Å². The molecular weight excluding hydrogens is 539 g/mol. The van der Waals surface area contributed by atoms with Crippen LogP contribution in [-0.4, -0.2) is 49.5 Å². The van der Waals surface area contributed by atoms with Gasteiger partial charge in [-0.25, -0.2) is 14.6 Å². The van der Waals surface area contributed by atoms with Gasteiger partial charge in [-0.2, -0.15) is 4.90 Å². The highest BCUT2D eigenvalue weighted by Gasteiger charge is 2.36. The quantitative estimate of drug-likeness (QED) is 0.301. The zero-order valence-corrected chi connectivity index (χ0v) is 27.9. The number of aromatic amines is 1. The van der Waals surface area contributed by atoms with E-state index in [9.17, 15) is 14.4 Å². The maximum absolute atomic E-state index is 13.7. The summed E-state index contributed by atoms with van der Waals surface area (Å²) in [6, 6.07) is 8.99. The third-order valence-corrected chi connectivity index (χ3v) is 7.78. The van der Waals surface area contributed by atoms with Crippen LogP contribution in [0.5, 0.6) is 0 Å². The van der Waals surface area contributed by atoms with Crippen LogP contribution in [0.1, 0.15) is 47.1 Å². The highest BCUT2D eigenvalue weighted by molar-refractivity contribution is 6.86. The minimum atomic E-state index is -2.08. The van der Waals surface area contributed by atoms with Crippen LogP contribution in [0.3, 0.4) is 0 Å². The fourth-order valence-corrected chi connectivity index (χ4v) is 4.86. The number of rotatable bonds is 4.